The highest BCUT2D eigenvalue weighted by atomic mass is 35.5. The van der Waals surface area contributed by atoms with Crippen LogP contribution in [-0.2, 0) is 16.9 Å². The first-order valence-corrected chi connectivity index (χ1v) is 9.57. The van der Waals surface area contributed by atoms with Crippen LogP contribution in [0.3, 0.4) is 0 Å². The molecule has 8 heteroatoms. The van der Waals surface area contributed by atoms with Crippen LogP contribution >= 0.6 is 24.8 Å². The highest BCUT2D eigenvalue weighted by Gasteiger charge is 2.53. The summed E-state index contributed by atoms with van der Waals surface area (Å²) in [6, 6.07) is 9.87. The number of hydrogen-bond donors (Lipinski definition) is 1. The van der Waals surface area contributed by atoms with Crippen molar-refractivity contribution in [2.75, 3.05) is 20.2 Å². The lowest BCUT2D eigenvalue weighted by atomic mass is 9.62. The van der Waals surface area contributed by atoms with Gasteiger partial charge in [-0.3, -0.25) is 19.7 Å². The van der Waals surface area contributed by atoms with Gasteiger partial charge in [-0.05, 0) is 42.7 Å². The molecule has 1 saturated carbocycles. The van der Waals surface area contributed by atoms with Crippen molar-refractivity contribution in [1.82, 2.24) is 14.9 Å². The molecule has 1 aliphatic heterocycles. The zero-order chi connectivity index (χ0) is 18.9. The van der Waals surface area contributed by atoms with Crippen molar-refractivity contribution in [3.63, 3.8) is 0 Å². The van der Waals surface area contributed by atoms with Gasteiger partial charge in [0.2, 0.25) is 0 Å². The molecule has 0 aromatic carbocycles. The molecule has 0 radical (unpaired) electrons. The maximum Gasteiger partial charge on any atom is 0.267 e. The van der Waals surface area contributed by atoms with Crippen molar-refractivity contribution in [2.24, 2.45) is 17.6 Å². The molecule has 0 spiro atoms. The van der Waals surface area contributed by atoms with Crippen LogP contribution in [0.4, 0.5) is 0 Å². The van der Waals surface area contributed by atoms with Crippen LogP contribution in [0, 0.1) is 11.8 Å². The normalized spacial score (nSPS) is 26.1. The summed E-state index contributed by atoms with van der Waals surface area (Å²) < 4.78 is 6.24. The van der Waals surface area contributed by atoms with Gasteiger partial charge in [-0.15, -0.1) is 24.8 Å². The van der Waals surface area contributed by atoms with Gasteiger partial charge in [0.1, 0.15) is 11.3 Å². The van der Waals surface area contributed by atoms with Gasteiger partial charge >= 0.3 is 0 Å². The van der Waals surface area contributed by atoms with Gasteiger partial charge in [-0.1, -0.05) is 12.5 Å². The zero-order valence-corrected chi connectivity index (χ0v) is 18.1. The molecular formula is C21H28Cl2N4O2. The van der Waals surface area contributed by atoms with E-state index in [9.17, 15) is 4.79 Å². The number of nitrogens with two attached hydrogens (primary N) is 1. The number of likely N-dealkylation sites (tertiary alicyclic amines) is 1. The summed E-state index contributed by atoms with van der Waals surface area (Å²) in [4.78, 5) is 22.7. The number of aromatic nitrogens is 2. The zero-order valence-electron chi connectivity index (χ0n) is 16.5. The number of halogens is 2. The Labute approximate surface area is 184 Å². The van der Waals surface area contributed by atoms with Gasteiger partial charge in [0, 0.05) is 51.0 Å². The summed E-state index contributed by atoms with van der Waals surface area (Å²) in [5, 5.41) is 0. The number of carbonyl (C=O) groups excluding carboxylic acids is 1. The van der Waals surface area contributed by atoms with Crippen molar-refractivity contribution in [3.8, 4) is 0 Å². The van der Waals surface area contributed by atoms with E-state index in [2.05, 4.69) is 20.9 Å². The third-order valence-electron chi connectivity index (χ3n) is 6.19. The Morgan fingerprint density at radius 3 is 2.48 bits per heavy atom. The molecule has 29 heavy (non-hydrogen) atoms. The van der Waals surface area contributed by atoms with Crippen LogP contribution in [0.25, 0.3) is 0 Å². The number of methoxy groups -OCH3 is 1. The van der Waals surface area contributed by atoms with Crippen molar-refractivity contribution in [3.05, 3.63) is 59.7 Å². The second-order valence-corrected chi connectivity index (χ2v) is 7.63. The largest absolute Gasteiger partial charge is 0.373 e. The second kappa shape index (κ2) is 9.85. The number of rotatable bonds is 5. The lowest BCUT2D eigenvalue weighted by Crippen LogP contribution is -2.58. The van der Waals surface area contributed by atoms with Crippen LogP contribution in [-0.4, -0.2) is 41.0 Å². The molecule has 158 valence electrons. The molecule has 2 aromatic heterocycles. The van der Waals surface area contributed by atoms with E-state index in [4.69, 9.17) is 10.5 Å². The van der Waals surface area contributed by atoms with E-state index in [1.807, 2.05) is 30.5 Å². The number of carbonyl (C=O) groups is 1. The maximum atomic E-state index is 11.6. The molecule has 2 bridgehead atoms. The molecule has 1 aliphatic carbocycles. The topological polar surface area (TPSA) is 81.3 Å². The van der Waals surface area contributed by atoms with Crippen LogP contribution in [0.1, 0.15) is 41.0 Å². The minimum absolute atomic E-state index is 0. The molecule has 1 amide bonds. The van der Waals surface area contributed by atoms with Gasteiger partial charge < -0.3 is 10.5 Å². The van der Waals surface area contributed by atoms with E-state index in [1.54, 1.807) is 13.3 Å². The molecule has 4 rings (SSSR count). The Bertz CT molecular complexity index is 807. The summed E-state index contributed by atoms with van der Waals surface area (Å²) in [6.45, 7) is 2.76. The van der Waals surface area contributed by atoms with Crippen molar-refractivity contribution < 1.29 is 9.53 Å². The first-order valence-electron chi connectivity index (χ1n) is 9.57. The number of primary amides is 1. The van der Waals surface area contributed by atoms with Gasteiger partial charge in [0.25, 0.3) is 5.91 Å². The third kappa shape index (κ3) is 4.40. The fraction of sp³-hybridized carbons (Fsp3) is 0.476. The van der Waals surface area contributed by atoms with Gasteiger partial charge in [-0.2, -0.15) is 0 Å². The van der Waals surface area contributed by atoms with Gasteiger partial charge in [0.05, 0.1) is 5.69 Å². The first-order chi connectivity index (χ1) is 13.1. The lowest BCUT2D eigenvalue weighted by molar-refractivity contribution is -0.170. The van der Waals surface area contributed by atoms with E-state index in [-0.39, 0.29) is 30.4 Å². The smallest absolute Gasteiger partial charge is 0.267 e. The summed E-state index contributed by atoms with van der Waals surface area (Å²) in [5.74, 6) is 0.226. The van der Waals surface area contributed by atoms with Crippen molar-refractivity contribution >= 4 is 30.7 Å². The molecule has 3 heterocycles. The molecule has 2 fully saturated rings. The first kappa shape index (κ1) is 23.5. The third-order valence-corrected chi connectivity index (χ3v) is 6.19. The standard InChI is InChI=1S/C21H26N4O2.2ClH/c1-27-21(15-8-10-24-19(11-15)20(22)26)16-5-4-6-17(21)13-25(12-16)14-18-7-2-3-9-23-18;;/h2-3,7-11,16-17H,4-6,12-14H2,1H3,(H2,22,26);2*1H/t16-,17+,21+;;. The average Bonchev–Trinajstić information content (AvgIpc) is 2.68. The van der Waals surface area contributed by atoms with E-state index in [0.717, 1.165) is 43.7 Å². The number of piperidine rings is 1. The molecule has 0 unspecified atom stereocenters. The fourth-order valence-corrected chi connectivity index (χ4v) is 5.11. The molecule has 3 atom stereocenters. The van der Waals surface area contributed by atoms with Crippen molar-refractivity contribution in [1.29, 1.82) is 0 Å². The number of ether oxygens (including phenoxy) is 1. The Morgan fingerprint density at radius 1 is 1.17 bits per heavy atom. The van der Waals surface area contributed by atoms with Crippen LogP contribution in [0.15, 0.2) is 42.7 Å². The number of fused-ring (bicyclic) bond motifs is 2. The molecule has 6 nitrogen and oxygen atoms in total. The van der Waals surface area contributed by atoms with E-state index >= 15 is 0 Å². The van der Waals surface area contributed by atoms with Crippen LogP contribution in [0.2, 0.25) is 0 Å². The Kier molecular flexibility index (Phi) is 8.00. The number of amides is 1. The number of pyridine rings is 2. The number of nitrogens with zero attached hydrogens (tertiary/aromatic N) is 3. The van der Waals surface area contributed by atoms with E-state index in [1.165, 1.54) is 6.42 Å². The summed E-state index contributed by atoms with van der Waals surface area (Å²) in [5.41, 5.74) is 7.51. The van der Waals surface area contributed by atoms with Crippen molar-refractivity contribution in [2.45, 2.75) is 31.4 Å². The van der Waals surface area contributed by atoms with E-state index < -0.39 is 5.91 Å². The Morgan fingerprint density at radius 2 is 1.90 bits per heavy atom. The van der Waals surface area contributed by atoms with E-state index in [0.29, 0.717) is 17.5 Å². The second-order valence-electron chi connectivity index (χ2n) is 7.63. The summed E-state index contributed by atoms with van der Waals surface area (Å²) >= 11 is 0. The van der Waals surface area contributed by atoms with Gasteiger partial charge in [-0.25, -0.2) is 0 Å². The molecule has 2 aromatic rings. The predicted molar refractivity (Wildman–Crippen MR) is 116 cm³/mol. The fourth-order valence-electron chi connectivity index (χ4n) is 5.11. The van der Waals surface area contributed by atoms with Gasteiger partial charge in [0.15, 0.2) is 0 Å². The maximum absolute atomic E-state index is 11.6. The molecule has 2 N–H and O–H groups in total. The summed E-state index contributed by atoms with van der Waals surface area (Å²) in [7, 11) is 1.80. The van der Waals surface area contributed by atoms with Crippen LogP contribution < -0.4 is 5.73 Å². The Hall–Kier alpha value is -1.73. The van der Waals surface area contributed by atoms with Crippen LogP contribution in [0.5, 0.6) is 0 Å². The predicted octanol–water partition coefficient (Wildman–Crippen LogP) is 3.19. The average molecular weight is 439 g/mol. The SMILES string of the molecule is CO[C@@]1(c2ccnc(C(N)=O)c2)[C@@H]2CCC[C@H]1CN(Cc1ccccn1)C2.Cl.Cl. The molecule has 1 saturated heterocycles. The minimum atomic E-state index is -0.499. The lowest BCUT2D eigenvalue weighted by Gasteiger charge is -2.55. The quantitative estimate of drug-likeness (QED) is 0.774. The molecular weight excluding hydrogens is 411 g/mol. The minimum Gasteiger partial charge on any atom is -0.373 e. The summed E-state index contributed by atoms with van der Waals surface area (Å²) in [6.07, 6.45) is 6.95. The highest BCUT2D eigenvalue weighted by Crippen LogP contribution is 2.51. The Balaban J connectivity index is 0.00000150. The monoisotopic (exact) mass is 438 g/mol. The molecule has 2 aliphatic rings. The number of hydrogen-bond acceptors (Lipinski definition) is 5. The highest BCUT2D eigenvalue weighted by molar-refractivity contribution is 5.90.